The minimum Gasteiger partial charge on any atom is -0.508 e. The molecule has 0 fully saturated rings. The summed E-state index contributed by atoms with van der Waals surface area (Å²) in [4.78, 5) is 3.17. The van der Waals surface area contributed by atoms with Crippen molar-refractivity contribution in [2.24, 2.45) is 0 Å². The molecule has 0 atom stereocenters. The minimum absolute atomic E-state index is 0.00786. The highest BCUT2D eigenvalue weighted by atomic mass is 16.3. The first-order chi connectivity index (χ1) is 12.6. The minimum atomic E-state index is 0.00786. The molecule has 26 heavy (non-hydrogen) atoms. The number of nitrogens with one attached hydrogen (secondary N) is 1. The van der Waals surface area contributed by atoms with Crippen molar-refractivity contribution >= 4 is 23.1 Å². The van der Waals surface area contributed by atoms with E-state index in [0.717, 1.165) is 27.6 Å². The number of hydrogen-bond donors (Lipinski definition) is 4. The van der Waals surface area contributed by atoms with Gasteiger partial charge in [0.25, 0.3) is 0 Å². The summed E-state index contributed by atoms with van der Waals surface area (Å²) in [5.41, 5.74) is 4.55. The normalized spacial score (nSPS) is 11.4. The number of hydrogen-bond acceptors (Lipinski definition) is 3. The molecular weight excluding hydrogens is 326 g/mol. The average molecular weight is 343 g/mol. The Balaban J connectivity index is 1.78. The zero-order valence-electron chi connectivity index (χ0n) is 13.8. The van der Waals surface area contributed by atoms with E-state index in [9.17, 15) is 15.3 Å². The largest absolute Gasteiger partial charge is 0.508 e. The van der Waals surface area contributed by atoms with Gasteiger partial charge in [-0.15, -0.1) is 0 Å². The highest BCUT2D eigenvalue weighted by Gasteiger charge is 2.06. The summed E-state index contributed by atoms with van der Waals surface area (Å²) in [7, 11) is 0. The van der Waals surface area contributed by atoms with Gasteiger partial charge in [0.15, 0.2) is 0 Å². The number of aromatic hydroxyl groups is 3. The van der Waals surface area contributed by atoms with Crippen LogP contribution >= 0.6 is 0 Å². The van der Waals surface area contributed by atoms with Crippen LogP contribution in [0.2, 0.25) is 0 Å². The van der Waals surface area contributed by atoms with Crippen molar-refractivity contribution in [3.05, 3.63) is 78.0 Å². The van der Waals surface area contributed by atoms with Gasteiger partial charge in [0.05, 0.1) is 0 Å². The Morgan fingerprint density at radius 3 is 2.31 bits per heavy atom. The first kappa shape index (κ1) is 15.8. The third-order valence-corrected chi connectivity index (χ3v) is 4.28. The molecule has 4 nitrogen and oxygen atoms in total. The van der Waals surface area contributed by atoms with Crippen molar-refractivity contribution in [1.29, 1.82) is 0 Å². The summed E-state index contributed by atoms with van der Waals surface area (Å²) in [6, 6.07) is 17.7. The molecule has 128 valence electrons. The fraction of sp³-hybridized carbons (Fsp3) is 0. The van der Waals surface area contributed by atoms with Gasteiger partial charge >= 0.3 is 0 Å². The number of phenolic OH excluding ortho intramolecular Hbond substituents is 3. The Hall–Kier alpha value is -3.66. The van der Waals surface area contributed by atoms with E-state index in [2.05, 4.69) is 11.1 Å². The summed E-state index contributed by atoms with van der Waals surface area (Å²) in [6.45, 7) is 0. The monoisotopic (exact) mass is 343 g/mol. The van der Waals surface area contributed by atoms with Crippen LogP contribution in [-0.2, 0) is 0 Å². The van der Waals surface area contributed by atoms with Crippen molar-refractivity contribution in [2.75, 3.05) is 0 Å². The Labute approximate surface area is 150 Å². The molecule has 0 unspecified atom stereocenters. The molecule has 0 saturated carbocycles. The van der Waals surface area contributed by atoms with Crippen molar-refractivity contribution < 1.29 is 15.3 Å². The Bertz CT molecular complexity index is 1110. The molecule has 0 aliphatic rings. The van der Waals surface area contributed by atoms with E-state index in [-0.39, 0.29) is 17.2 Å². The maximum atomic E-state index is 9.93. The zero-order valence-corrected chi connectivity index (χ0v) is 13.8. The fourth-order valence-electron chi connectivity index (χ4n) is 3.06. The van der Waals surface area contributed by atoms with E-state index >= 15 is 0 Å². The molecule has 4 rings (SSSR count). The van der Waals surface area contributed by atoms with Crippen molar-refractivity contribution in [3.63, 3.8) is 0 Å². The number of rotatable bonds is 3. The van der Waals surface area contributed by atoms with Gasteiger partial charge in [-0.3, -0.25) is 0 Å². The molecule has 0 aliphatic heterocycles. The lowest BCUT2D eigenvalue weighted by Crippen LogP contribution is -1.84. The first-order valence-electron chi connectivity index (χ1n) is 8.20. The van der Waals surface area contributed by atoms with Gasteiger partial charge < -0.3 is 20.3 Å². The van der Waals surface area contributed by atoms with Crippen LogP contribution < -0.4 is 0 Å². The van der Waals surface area contributed by atoms with Gasteiger partial charge in [-0.05, 0) is 70.1 Å². The predicted octanol–water partition coefficient (Wildman–Crippen LogP) is 5.12. The van der Waals surface area contributed by atoms with Crippen molar-refractivity contribution in [2.45, 2.75) is 0 Å². The third-order valence-electron chi connectivity index (χ3n) is 4.28. The molecular formula is C22H17NO3. The topological polar surface area (TPSA) is 76.5 Å². The van der Waals surface area contributed by atoms with Crippen LogP contribution in [0.3, 0.4) is 0 Å². The average Bonchev–Trinajstić information content (AvgIpc) is 3.07. The van der Waals surface area contributed by atoms with Gasteiger partial charge in [0.2, 0.25) is 0 Å². The number of phenols is 3. The van der Waals surface area contributed by atoms with Crippen LogP contribution in [0.1, 0.15) is 11.1 Å². The van der Waals surface area contributed by atoms with Gasteiger partial charge in [0.1, 0.15) is 17.2 Å². The molecule has 0 radical (unpaired) electrons. The van der Waals surface area contributed by atoms with Crippen molar-refractivity contribution in [1.82, 2.24) is 4.98 Å². The number of aromatic nitrogens is 1. The summed E-state index contributed by atoms with van der Waals surface area (Å²) >= 11 is 0. The first-order valence-corrected chi connectivity index (χ1v) is 8.20. The second-order valence-electron chi connectivity index (χ2n) is 6.17. The molecule has 0 amide bonds. The Morgan fingerprint density at radius 2 is 1.50 bits per heavy atom. The van der Waals surface area contributed by atoms with Gasteiger partial charge in [-0.25, -0.2) is 0 Å². The summed E-state index contributed by atoms with van der Waals surface area (Å²) in [6.07, 6.45) is 5.60. The van der Waals surface area contributed by atoms with Gasteiger partial charge in [-0.1, -0.05) is 24.3 Å². The fourth-order valence-corrected chi connectivity index (χ4v) is 3.06. The van der Waals surface area contributed by atoms with E-state index < -0.39 is 0 Å². The van der Waals surface area contributed by atoms with Crippen LogP contribution in [-0.4, -0.2) is 20.3 Å². The van der Waals surface area contributed by atoms with E-state index in [1.54, 1.807) is 24.3 Å². The number of H-pyrrole nitrogens is 1. The second-order valence-corrected chi connectivity index (χ2v) is 6.17. The van der Waals surface area contributed by atoms with E-state index in [1.165, 1.54) is 6.07 Å². The van der Waals surface area contributed by atoms with Gasteiger partial charge in [0, 0.05) is 17.8 Å². The SMILES string of the molecule is Oc1cc(O)cc(/C=C/c2ccc(O)cc2-c2ccc3[nH]ccc3c2)c1. The second kappa shape index (κ2) is 6.33. The maximum absolute atomic E-state index is 9.93. The summed E-state index contributed by atoms with van der Waals surface area (Å²) < 4.78 is 0. The third kappa shape index (κ3) is 3.13. The molecule has 0 bridgehead atoms. The summed E-state index contributed by atoms with van der Waals surface area (Å²) in [5, 5.41) is 30.3. The Kier molecular flexibility index (Phi) is 3.86. The zero-order chi connectivity index (χ0) is 18.1. The molecule has 4 heteroatoms. The molecule has 4 aromatic rings. The number of benzene rings is 3. The standard InChI is InChI=1S/C22H17NO3/c24-18-5-3-15(2-1-14-9-19(25)12-20(26)10-14)21(13-18)16-4-6-22-17(11-16)7-8-23-22/h1-13,23-26H/b2-1+. The predicted molar refractivity (Wildman–Crippen MR) is 104 cm³/mol. The van der Waals surface area contributed by atoms with Crippen LogP contribution in [0.25, 0.3) is 34.2 Å². The van der Waals surface area contributed by atoms with E-state index in [0.29, 0.717) is 5.56 Å². The molecule has 1 heterocycles. The van der Waals surface area contributed by atoms with E-state index in [1.807, 2.05) is 42.6 Å². The number of fused-ring (bicyclic) bond motifs is 1. The van der Waals surface area contributed by atoms with Crippen LogP contribution in [0.5, 0.6) is 17.2 Å². The lowest BCUT2D eigenvalue weighted by atomic mass is 9.97. The van der Waals surface area contributed by atoms with Crippen LogP contribution in [0.15, 0.2) is 66.9 Å². The maximum Gasteiger partial charge on any atom is 0.119 e. The summed E-state index contributed by atoms with van der Waals surface area (Å²) in [5.74, 6) is 0.211. The molecule has 1 aromatic heterocycles. The lowest BCUT2D eigenvalue weighted by Gasteiger charge is -2.08. The lowest BCUT2D eigenvalue weighted by molar-refractivity contribution is 0.450. The molecule has 0 spiro atoms. The highest BCUT2D eigenvalue weighted by molar-refractivity contribution is 5.88. The van der Waals surface area contributed by atoms with E-state index in [4.69, 9.17) is 0 Å². The highest BCUT2D eigenvalue weighted by Crippen LogP contribution is 2.31. The Morgan fingerprint density at radius 1 is 0.692 bits per heavy atom. The van der Waals surface area contributed by atoms with Crippen LogP contribution in [0, 0.1) is 0 Å². The number of aromatic amines is 1. The molecule has 0 aliphatic carbocycles. The van der Waals surface area contributed by atoms with Gasteiger partial charge in [-0.2, -0.15) is 0 Å². The van der Waals surface area contributed by atoms with Crippen LogP contribution in [0.4, 0.5) is 0 Å². The molecule has 3 aromatic carbocycles. The smallest absolute Gasteiger partial charge is 0.119 e. The molecule has 4 N–H and O–H groups in total. The quantitative estimate of drug-likeness (QED) is 0.390. The van der Waals surface area contributed by atoms with Crippen molar-refractivity contribution in [3.8, 4) is 28.4 Å². The molecule has 0 saturated heterocycles.